The van der Waals surface area contributed by atoms with Crippen LogP contribution in [-0.4, -0.2) is 50.4 Å². The highest BCUT2D eigenvalue weighted by Crippen LogP contribution is 2.30. The topological polar surface area (TPSA) is 112 Å². The van der Waals surface area contributed by atoms with Gasteiger partial charge in [-0.05, 0) is 35.6 Å². The Morgan fingerprint density at radius 2 is 1.66 bits per heavy atom. The van der Waals surface area contributed by atoms with Crippen LogP contribution in [0.15, 0.2) is 84.9 Å². The van der Waals surface area contributed by atoms with E-state index in [-0.39, 0.29) is 18.1 Å². The van der Waals surface area contributed by atoms with Gasteiger partial charge < -0.3 is 20.1 Å². The van der Waals surface area contributed by atoms with Gasteiger partial charge in [0.1, 0.15) is 12.1 Å². The first-order chi connectivity index (χ1) is 18.6. The van der Waals surface area contributed by atoms with Gasteiger partial charge >= 0.3 is 6.09 Å². The van der Waals surface area contributed by atoms with Crippen LogP contribution in [0.5, 0.6) is 0 Å². The lowest BCUT2D eigenvalue weighted by Gasteiger charge is -2.28. The van der Waals surface area contributed by atoms with Crippen molar-refractivity contribution in [1.29, 1.82) is 5.26 Å². The van der Waals surface area contributed by atoms with Gasteiger partial charge in [-0.25, -0.2) is 4.79 Å². The molecule has 0 bridgehead atoms. The molecule has 1 heterocycles. The SMILES string of the molecule is COC(=O)N[C@H](C(=O)Nc1ccccc1CC[C@@H]1CN[C@H](C#N)CO1)C(c1ccccc1)c1ccccc1. The minimum atomic E-state index is -0.936. The molecule has 38 heavy (non-hydrogen) atoms. The number of para-hydroxylation sites is 1. The molecule has 4 rings (SSSR count). The number of morpholine rings is 1. The molecule has 1 saturated heterocycles. The number of anilines is 1. The second kappa shape index (κ2) is 13.4. The number of nitriles is 1. The van der Waals surface area contributed by atoms with E-state index in [2.05, 4.69) is 22.0 Å². The lowest BCUT2D eigenvalue weighted by atomic mass is 9.84. The summed E-state index contributed by atoms with van der Waals surface area (Å²) in [6, 6.07) is 27.8. The molecule has 196 valence electrons. The lowest BCUT2D eigenvalue weighted by Crippen LogP contribution is -2.48. The average Bonchev–Trinajstić information content (AvgIpc) is 2.97. The molecule has 0 aliphatic carbocycles. The molecule has 3 N–H and O–H groups in total. The molecule has 1 fully saturated rings. The summed E-state index contributed by atoms with van der Waals surface area (Å²) in [5.41, 5.74) is 3.41. The third-order valence-corrected chi connectivity index (χ3v) is 6.65. The normalized spacial score (nSPS) is 17.7. The van der Waals surface area contributed by atoms with Crippen molar-refractivity contribution < 1.29 is 19.1 Å². The van der Waals surface area contributed by atoms with Crippen LogP contribution in [0.4, 0.5) is 10.5 Å². The Balaban J connectivity index is 1.56. The predicted octanol–water partition coefficient (Wildman–Crippen LogP) is 3.99. The molecular formula is C30H32N4O4. The van der Waals surface area contributed by atoms with Crippen LogP contribution in [-0.2, 0) is 20.7 Å². The van der Waals surface area contributed by atoms with E-state index in [9.17, 15) is 9.59 Å². The number of methoxy groups -OCH3 is 1. The number of aryl methyl sites for hydroxylation is 1. The number of ether oxygens (including phenoxy) is 2. The minimum Gasteiger partial charge on any atom is -0.453 e. The van der Waals surface area contributed by atoms with Crippen LogP contribution in [0.25, 0.3) is 0 Å². The maximum Gasteiger partial charge on any atom is 0.407 e. The summed E-state index contributed by atoms with van der Waals surface area (Å²) >= 11 is 0. The Morgan fingerprint density at radius 3 is 2.24 bits per heavy atom. The van der Waals surface area contributed by atoms with E-state index in [1.807, 2.05) is 84.9 Å². The van der Waals surface area contributed by atoms with Crippen molar-refractivity contribution >= 4 is 17.7 Å². The number of rotatable bonds is 9. The molecule has 3 atom stereocenters. The second-order valence-electron chi connectivity index (χ2n) is 9.14. The molecule has 1 aliphatic heterocycles. The molecule has 0 spiro atoms. The summed E-state index contributed by atoms with van der Waals surface area (Å²) in [6.45, 7) is 0.967. The van der Waals surface area contributed by atoms with Crippen LogP contribution in [0.1, 0.15) is 29.0 Å². The number of alkyl carbamates (subject to hydrolysis) is 1. The predicted molar refractivity (Wildman–Crippen MR) is 145 cm³/mol. The van der Waals surface area contributed by atoms with Gasteiger partial charge in [-0.15, -0.1) is 0 Å². The highest BCUT2D eigenvalue weighted by atomic mass is 16.5. The van der Waals surface area contributed by atoms with Crippen molar-refractivity contribution in [1.82, 2.24) is 10.6 Å². The smallest absolute Gasteiger partial charge is 0.407 e. The molecular weight excluding hydrogens is 480 g/mol. The van der Waals surface area contributed by atoms with E-state index in [1.165, 1.54) is 7.11 Å². The zero-order chi connectivity index (χ0) is 26.7. The molecule has 0 radical (unpaired) electrons. The number of nitrogens with zero attached hydrogens (tertiary/aromatic N) is 1. The Morgan fingerprint density at radius 1 is 1.03 bits per heavy atom. The molecule has 8 nitrogen and oxygen atoms in total. The molecule has 0 aromatic heterocycles. The third kappa shape index (κ3) is 6.97. The number of carbonyl (C=O) groups is 2. The highest BCUT2D eigenvalue weighted by Gasteiger charge is 2.33. The van der Waals surface area contributed by atoms with E-state index >= 15 is 0 Å². The van der Waals surface area contributed by atoms with E-state index in [0.717, 1.165) is 23.1 Å². The van der Waals surface area contributed by atoms with Crippen molar-refractivity contribution in [2.45, 2.75) is 36.9 Å². The van der Waals surface area contributed by atoms with E-state index in [1.54, 1.807) is 0 Å². The highest BCUT2D eigenvalue weighted by molar-refractivity contribution is 5.98. The van der Waals surface area contributed by atoms with Crippen LogP contribution in [0.3, 0.4) is 0 Å². The molecule has 3 aromatic rings. The van der Waals surface area contributed by atoms with E-state index < -0.39 is 18.1 Å². The van der Waals surface area contributed by atoms with Gasteiger partial charge in [0.25, 0.3) is 0 Å². The van der Waals surface area contributed by atoms with Crippen molar-refractivity contribution in [2.24, 2.45) is 0 Å². The number of hydrogen-bond donors (Lipinski definition) is 3. The Bertz CT molecular complexity index is 1200. The van der Waals surface area contributed by atoms with Gasteiger partial charge in [0.2, 0.25) is 5.91 Å². The van der Waals surface area contributed by atoms with Gasteiger partial charge in [0.15, 0.2) is 0 Å². The Kier molecular flexibility index (Phi) is 9.46. The summed E-state index contributed by atoms with van der Waals surface area (Å²) in [6.07, 6.45) is 0.708. The number of benzene rings is 3. The first kappa shape index (κ1) is 26.9. The average molecular weight is 513 g/mol. The molecule has 2 amide bonds. The molecule has 1 aliphatic rings. The molecule has 0 saturated carbocycles. The summed E-state index contributed by atoms with van der Waals surface area (Å²) in [5, 5.41) is 18.0. The minimum absolute atomic E-state index is 0.0161. The quantitative estimate of drug-likeness (QED) is 0.400. The standard InChI is InChI=1S/C30H32N4O4/c1-37-30(36)34-28(27(22-11-4-2-5-12-22)23-13-6-3-7-14-23)29(35)33-26-15-9-8-10-21(26)16-17-25-19-32-24(18-31)20-38-25/h2-15,24-25,27-28,32H,16-17,19-20H2,1H3,(H,33,35)(H,34,36)/t24-,25-,28+/m1/s1. The maximum atomic E-state index is 13.8. The maximum absolute atomic E-state index is 13.8. The number of nitrogens with one attached hydrogen (secondary N) is 3. The van der Waals surface area contributed by atoms with E-state index in [0.29, 0.717) is 25.3 Å². The molecule has 8 heteroatoms. The lowest BCUT2D eigenvalue weighted by molar-refractivity contribution is -0.118. The first-order valence-corrected chi connectivity index (χ1v) is 12.7. The van der Waals surface area contributed by atoms with Crippen molar-refractivity contribution in [3.8, 4) is 6.07 Å². The summed E-state index contributed by atoms with van der Waals surface area (Å²) in [5.74, 6) is -0.800. The van der Waals surface area contributed by atoms with Gasteiger partial charge in [-0.3, -0.25) is 10.1 Å². The van der Waals surface area contributed by atoms with Crippen molar-refractivity contribution in [3.05, 3.63) is 102 Å². The number of hydrogen-bond acceptors (Lipinski definition) is 6. The first-order valence-electron chi connectivity index (χ1n) is 12.7. The number of amides is 2. The van der Waals surface area contributed by atoms with Gasteiger partial charge in [-0.1, -0.05) is 78.9 Å². The van der Waals surface area contributed by atoms with Crippen molar-refractivity contribution in [2.75, 3.05) is 25.6 Å². The number of carbonyl (C=O) groups excluding carboxylic acids is 2. The Hall–Kier alpha value is -4.19. The second-order valence-corrected chi connectivity index (χ2v) is 9.14. The van der Waals surface area contributed by atoms with Gasteiger partial charge in [0, 0.05) is 18.2 Å². The van der Waals surface area contributed by atoms with Crippen molar-refractivity contribution in [3.63, 3.8) is 0 Å². The van der Waals surface area contributed by atoms with Crippen LogP contribution in [0.2, 0.25) is 0 Å². The monoisotopic (exact) mass is 512 g/mol. The van der Waals surface area contributed by atoms with Crippen LogP contribution in [0, 0.1) is 11.3 Å². The summed E-state index contributed by atoms with van der Waals surface area (Å²) in [4.78, 5) is 26.2. The summed E-state index contributed by atoms with van der Waals surface area (Å²) < 4.78 is 10.7. The molecule has 0 unspecified atom stereocenters. The molecule has 3 aromatic carbocycles. The zero-order valence-corrected chi connectivity index (χ0v) is 21.3. The summed E-state index contributed by atoms with van der Waals surface area (Å²) in [7, 11) is 1.28. The largest absolute Gasteiger partial charge is 0.453 e. The fourth-order valence-corrected chi connectivity index (χ4v) is 4.66. The van der Waals surface area contributed by atoms with E-state index in [4.69, 9.17) is 14.7 Å². The zero-order valence-electron chi connectivity index (χ0n) is 21.3. The fourth-order valence-electron chi connectivity index (χ4n) is 4.66. The third-order valence-electron chi connectivity index (χ3n) is 6.65. The van der Waals surface area contributed by atoms with Gasteiger partial charge in [-0.2, -0.15) is 5.26 Å². The Labute approximate surface area is 223 Å². The van der Waals surface area contributed by atoms with Gasteiger partial charge in [0.05, 0.1) is 25.9 Å². The van der Waals surface area contributed by atoms with Crippen LogP contribution < -0.4 is 16.0 Å². The van der Waals surface area contributed by atoms with Crippen LogP contribution >= 0.6 is 0 Å². The fraction of sp³-hybridized carbons (Fsp3) is 0.300.